The molecule has 3 unspecified atom stereocenters. The van der Waals surface area contributed by atoms with Crippen molar-refractivity contribution in [3.05, 3.63) is 0 Å². The molecule has 0 aromatic carbocycles. The number of carboxylic acid groups (broad SMARTS) is 1. The van der Waals surface area contributed by atoms with E-state index in [9.17, 15) is 9.59 Å². The highest BCUT2D eigenvalue weighted by Crippen LogP contribution is 2.14. The Bertz CT molecular complexity index is 293. The molecule has 1 heterocycles. The van der Waals surface area contributed by atoms with E-state index in [4.69, 9.17) is 9.84 Å². The summed E-state index contributed by atoms with van der Waals surface area (Å²) in [5.41, 5.74) is 0. The van der Waals surface area contributed by atoms with Gasteiger partial charge >= 0.3 is 5.97 Å². The summed E-state index contributed by atoms with van der Waals surface area (Å²) in [4.78, 5) is 22.9. The van der Waals surface area contributed by atoms with Crippen molar-refractivity contribution in [1.29, 1.82) is 0 Å². The van der Waals surface area contributed by atoms with Gasteiger partial charge in [0.05, 0.1) is 19.1 Å². The number of carbonyl (C=O) groups is 2. The van der Waals surface area contributed by atoms with Gasteiger partial charge in [-0.2, -0.15) is 0 Å². The van der Waals surface area contributed by atoms with Gasteiger partial charge in [-0.3, -0.25) is 4.79 Å². The van der Waals surface area contributed by atoms with Crippen LogP contribution in [-0.2, 0) is 14.3 Å². The number of nitrogens with one attached hydrogen (secondary N) is 2. The second-order valence-corrected chi connectivity index (χ2v) is 4.61. The average Bonchev–Trinajstić information content (AvgIpc) is 2.72. The summed E-state index contributed by atoms with van der Waals surface area (Å²) < 4.78 is 5.21. The van der Waals surface area contributed by atoms with Gasteiger partial charge in [-0.25, -0.2) is 4.79 Å². The van der Waals surface area contributed by atoms with Crippen molar-refractivity contribution in [1.82, 2.24) is 10.6 Å². The van der Waals surface area contributed by atoms with E-state index in [2.05, 4.69) is 10.6 Å². The fourth-order valence-corrected chi connectivity index (χ4v) is 1.87. The van der Waals surface area contributed by atoms with Crippen LogP contribution in [0.3, 0.4) is 0 Å². The molecule has 0 aliphatic carbocycles. The molecule has 6 nitrogen and oxygen atoms in total. The highest BCUT2D eigenvalue weighted by Gasteiger charge is 2.35. The minimum atomic E-state index is -1.01. The van der Waals surface area contributed by atoms with E-state index < -0.39 is 12.0 Å². The fraction of sp³-hybridized carbons (Fsp3) is 0.818. The summed E-state index contributed by atoms with van der Waals surface area (Å²) >= 11 is 0. The molecule has 0 aromatic rings. The molecule has 1 saturated heterocycles. The van der Waals surface area contributed by atoms with Crippen molar-refractivity contribution < 1.29 is 19.4 Å². The zero-order valence-corrected chi connectivity index (χ0v) is 10.4. The summed E-state index contributed by atoms with van der Waals surface area (Å²) in [6, 6.07) is -0.891. The van der Waals surface area contributed by atoms with Crippen LogP contribution >= 0.6 is 0 Å². The molecular formula is C11H20N2O4. The van der Waals surface area contributed by atoms with E-state index in [0.717, 1.165) is 0 Å². The van der Waals surface area contributed by atoms with Crippen LogP contribution in [0.2, 0.25) is 0 Å². The standard InChI is InChI=1S/C11H20N2O4/c1-6(2)9(11(15)16)13-10(14)7-4-17-5-8(7)12-3/h6-9,12H,4-5H2,1-3H3,(H,13,14)(H,15,16). The molecule has 98 valence electrons. The molecule has 6 heteroatoms. The van der Waals surface area contributed by atoms with Crippen LogP contribution in [0.5, 0.6) is 0 Å². The predicted octanol–water partition coefficient (Wildman–Crippen LogP) is -0.554. The largest absolute Gasteiger partial charge is 0.480 e. The van der Waals surface area contributed by atoms with Crippen molar-refractivity contribution in [2.24, 2.45) is 11.8 Å². The van der Waals surface area contributed by atoms with Crippen molar-refractivity contribution >= 4 is 11.9 Å². The molecule has 1 rings (SSSR count). The van der Waals surface area contributed by atoms with Crippen molar-refractivity contribution in [3.63, 3.8) is 0 Å². The monoisotopic (exact) mass is 244 g/mol. The molecule has 0 bridgehead atoms. The minimum absolute atomic E-state index is 0.0448. The maximum atomic E-state index is 11.9. The first-order valence-corrected chi connectivity index (χ1v) is 5.75. The van der Waals surface area contributed by atoms with Gasteiger partial charge in [0.15, 0.2) is 0 Å². The zero-order valence-electron chi connectivity index (χ0n) is 10.4. The number of aliphatic carboxylic acids is 1. The van der Waals surface area contributed by atoms with E-state index in [1.807, 2.05) is 0 Å². The molecule has 3 N–H and O–H groups in total. The summed E-state index contributed by atoms with van der Waals surface area (Å²) in [7, 11) is 1.76. The lowest BCUT2D eigenvalue weighted by Gasteiger charge is -2.22. The van der Waals surface area contributed by atoms with Gasteiger partial charge in [-0.15, -0.1) is 0 Å². The van der Waals surface area contributed by atoms with Crippen LogP contribution in [0.4, 0.5) is 0 Å². The molecule has 0 aromatic heterocycles. The lowest BCUT2D eigenvalue weighted by Crippen LogP contribution is -2.50. The molecule has 3 atom stereocenters. The predicted molar refractivity (Wildman–Crippen MR) is 61.6 cm³/mol. The second kappa shape index (κ2) is 5.97. The minimum Gasteiger partial charge on any atom is -0.480 e. The Kier molecular flexibility index (Phi) is 4.89. The van der Waals surface area contributed by atoms with Crippen LogP contribution in [0, 0.1) is 11.8 Å². The number of hydrogen-bond acceptors (Lipinski definition) is 4. The Balaban J connectivity index is 2.61. The molecule has 1 aliphatic heterocycles. The number of carbonyl (C=O) groups excluding carboxylic acids is 1. The zero-order chi connectivity index (χ0) is 13.0. The molecular weight excluding hydrogens is 224 g/mol. The Morgan fingerprint density at radius 2 is 2.00 bits per heavy atom. The summed E-state index contributed by atoms with van der Waals surface area (Å²) in [5, 5.41) is 14.6. The first kappa shape index (κ1) is 13.9. The third-order valence-corrected chi connectivity index (χ3v) is 3.02. The molecule has 1 fully saturated rings. The normalized spacial score (nSPS) is 25.9. The van der Waals surface area contributed by atoms with Gasteiger partial charge in [0.1, 0.15) is 6.04 Å². The number of likely N-dealkylation sites (N-methyl/N-ethyl adjacent to an activating group) is 1. The number of rotatable bonds is 5. The lowest BCUT2D eigenvalue weighted by atomic mass is 10.00. The van der Waals surface area contributed by atoms with E-state index in [-0.39, 0.29) is 23.8 Å². The number of amides is 1. The summed E-state index contributed by atoms with van der Waals surface area (Å²) in [6.45, 7) is 4.34. The van der Waals surface area contributed by atoms with E-state index in [1.54, 1.807) is 20.9 Å². The van der Waals surface area contributed by atoms with Crippen LogP contribution in [0.15, 0.2) is 0 Å². The van der Waals surface area contributed by atoms with Gasteiger partial charge in [0, 0.05) is 6.04 Å². The second-order valence-electron chi connectivity index (χ2n) is 4.61. The van der Waals surface area contributed by atoms with Crippen LogP contribution in [0.1, 0.15) is 13.8 Å². The van der Waals surface area contributed by atoms with Crippen LogP contribution in [0.25, 0.3) is 0 Å². The van der Waals surface area contributed by atoms with Gasteiger partial charge in [0.2, 0.25) is 5.91 Å². The SMILES string of the molecule is CNC1COCC1C(=O)NC(C(=O)O)C(C)C. The number of carboxylic acids is 1. The van der Waals surface area contributed by atoms with Gasteiger partial charge < -0.3 is 20.5 Å². The van der Waals surface area contributed by atoms with Crippen LogP contribution < -0.4 is 10.6 Å². The Labute approximate surface area is 101 Å². The first-order valence-electron chi connectivity index (χ1n) is 5.75. The number of hydrogen-bond donors (Lipinski definition) is 3. The van der Waals surface area contributed by atoms with E-state index in [0.29, 0.717) is 13.2 Å². The Morgan fingerprint density at radius 3 is 2.47 bits per heavy atom. The van der Waals surface area contributed by atoms with E-state index in [1.165, 1.54) is 0 Å². The molecule has 1 amide bonds. The van der Waals surface area contributed by atoms with Crippen LogP contribution in [-0.4, -0.2) is 49.3 Å². The van der Waals surface area contributed by atoms with E-state index >= 15 is 0 Å². The van der Waals surface area contributed by atoms with Gasteiger partial charge in [0.25, 0.3) is 0 Å². The maximum Gasteiger partial charge on any atom is 0.326 e. The van der Waals surface area contributed by atoms with Crippen molar-refractivity contribution in [2.75, 3.05) is 20.3 Å². The smallest absolute Gasteiger partial charge is 0.326 e. The fourth-order valence-electron chi connectivity index (χ4n) is 1.87. The Hall–Kier alpha value is -1.14. The average molecular weight is 244 g/mol. The lowest BCUT2D eigenvalue weighted by molar-refractivity contribution is -0.143. The van der Waals surface area contributed by atoms with Gasteiger partial charge in [-0.05, 0) is 13.0 Å². The molecule has 0 radical (unpaired) electrons. The third kappa shape index (κ3) is 3.41. The molecule has 1 aliphatic rings. The molecule has 0 spiro atoms. The topological polar surface area (TPSA) is 87.7 Å². The number of ether oxygens (including phenoxy) is 1. The van der Waals surface area contributed by atoms with Crippen molar-refractivity contribution in [2.45, 2.75) is 25.9 Å². The van der Waals surface area contributed by atoms with Gasteiger partial charge in [-0.1, -0.05) is 13.8 Å². The highest BCUT2D eigenvalue weighted by molar-refractivity contribution is 5.85. The highest BCUT2D eigenvalue weighted by atomic mass is 16.5. The molecule has 17 heavy (non-hydrogen) atoms. The third-order valence-electron chi connectivity index (χ3n) is 3.02. The summed E-state index contributed by atoms with van der Waals surface area (Å²) in [6.07, 6.45) is 0. The van der Waals surface area contributed by atoms with Crippen molar-refractivity contribution in [3.8, 4) is 0 Å². The maximum absolute atomic E-state index is 11.9. The Morgan fingerprint density at radius 1 is 1.35 bits per heavy atom. The summed E-state index contributed by atoms with van der Waals surface area (Å²) in [5.74, 6) is -1.73. The molecule has 0 saturated carbocycles. The first-order chi connectivity index (χ1) is 7.97. The quantitative estimate of drug-likeness (QED) is 0.604.